The molecule has 2 rings (SSSR count). The number of carbonyl (C=O) groups excluding carboxylic acids is 2. The largest absolute Gasteiger partial charge is 0.358 e. The monoisotopic (exact) mass is 296 g/mol. The van der Waals surface area contributed by atoms with Gasteiger partial charge in [0.25, 0.3) is 0 Å². The van der Waals surface area contributed by atoms with E-state index in [1.807, 2.05) is 62.4 Å². The van der Waals surface area contributed by atoms with Crippen molar-refractivity contribution >= 4 is 11.6 Å². The van der Waals surface area contributed by atoms with Gasteiger partial charge in [0.2, 0.25) is 0 Å². The van der Waals surface area contributed by atoms with E-state index in [1.165, 1.54) is 0 Å². The first-order chi connectivity index (χ1) is 10.6. The third kappa shape index (κ3) is 4.12. The molecule has 3 nitrogen and oxygen atoms in total. The topological polar surface area (TPSA) is 43.4 Å². The molecule has 0 bridgehead atoms. The molecule has 0 aliphatic heterocycles. The third-order valence-corrected chi connectivity index (χ3v) is 3.43. The lowest BCUT2D eigenvalue weighted by molar-refractivity contribution is -0.127. The van der Waals surface area contributed by atoms with Gasteiger partial charge < -0.3 is 4.74 Å². The van der Waals surface area contributed by atoms with Crippen LogP contribution in [0.5, 0.6) is 0 Å². The molecule has 1 atom stereocenters. The Labute approximate surface area is 130 Å². The summed E-state index contributed by atoms with van der Waals surface area (Å²) in [7, 11) is 0. The SMILES string of the molecule is CC(C)C(=O)COC(C(=O)c1ccccc1)c1ccccc1. The number of rotatable bonds is 7. The van der Waals surface area contributed by atoms with Crippen molar-refractivity contribution < 1.29 is 14.3 Å². The fourth-order valence-corrected chi connectivity index (χ4v) is 2.04. The second-order valence-corrected chi connectivity index (χ2v) is 5.45. The van der Waals surface area contributed by atoms with Crippen LogP contribution in [0.2, 0.25) is 0 Å². The Balaban J connectivity index is 2.22. The molecule has 2 aromatic carbocycles. The molecule has 0 aliphatic carbocycles. The van der Waals surface area contributed by atoms with Crippen molar-refractivity contribution in [2.75, 3.05) is 6.61 Å². The molecule has 0 aliphatic rings. The molecule has 22 heavy (non-hydrogen) atoms. The molecule has 0 aromatic heterocycles. The van der Waals surface area contributed by atoms with Gasteiger partial charge in [0.1, 0.15) is 12.7 Å². The number of hydrogen-bond acceptors (Lipinski definition) is 3. The maximum Gasteiger partial charge on any atom is 0.196 e. The summed E-state index contributed by atoms with van der Waals surface area (Å²) in [5, 5.41) is 0. The summed E-state index contributed by atoms with van der Waals surface area (Å²) >= 11 is 0. The van der Waals surface area contributed by atoms with Gasteiger partial charge in [-0.2, -0.15) is 0 Å². The van der Waals surface area contributed by atoms with Crippen molar-refractivity contribution in [3.05, 3.63) is 71.8 Å². The van der Waals surface area contributed by atoms with Crippen molar-refractivity contribution in [2.24, 2.45) is 5.92 Å². The van der Waals surface area contributed by atoms with E-state index >= 15 is 0 Å². The predicted octanol–water partition coefficient (Wildman–Crippen LogP) is 3.85. The zero-order valence-electron chi connectivity index (χ0n) is 12.9. The van der Waals surface area contributed by atoms with E-state index in [9.17, 15) is 9.59 Å². The lowest BCUT2D eigenvalue weighted by Gasteiger charge is -2.17. The van der Waals surface area contributed by atoms with Gasteiger partial charge in [-0.1, -0.05) is 74.5 Å². The van der Waals surface area contributed by atoms with Crippen LogP contribution >= 0.6 is 0 Å². The molecule has 1 unspecified atom stereocenters. The Morgan fingerprint density at radius 3 is 2.00 bits per heavy atom. The van der Waals surface area contributed by atoms with Crippen LogP contribution in [0.3, 0.4) is 0 Å². The highest BCUT2D eigenvalue weighted by molar-refractivity contribution is 6.00. The molecule has 0 saturated heterocycles. The quantitative estimate of drug-likeness (QED) is 0.729. The Bertz CT molecular complexity index is 618. The standard InChI is InChI=1S/C19H20O3/c1-14(2)17(20)13-22-19(16-11-7-4-8-12-16)18(21)15-9-5-3-6-10-15/h3-12,14,19H,13H2,1-2H3. The van der Waals surface area contributed by atoms with E-state index in [1.54, 1.807) is 12.1 Å². The van der Waals surface area contributed by atoms with E-state index in [0.29, 0.717) is 5.56 Å². The second kappa shape index (κ2) is 7.66. The molecule has 0 heterocycles. The number of Topliss-reactive ketones (excluding diaryl/α,β-unsaturated/α-hetero) is 2. The highest BCUT2D eigenvalue weighted by Crippen LogP contribution is 2.22. The average molecular weight is 296 g/mol. The Hall–Kier alpha value is -2.26. The molecule has 2 aromatic rings. The molecule has 0 amide bonds. The molecule has 3 heteroatoms. The number of carbonyl (C=O) groups is 2. The van der Waals surface area contributed by atoms with Crippen LogP contribution in [0.25, 0.3) is 0 Å². The lowest BCUT2D eigenvalue weighted by Crippen LogP contribution is -2.22. The van der Waals surface area contributed by atoms with E-state index in [-0.39, 0.29) is 24.1 Å². The van der Waals surface area contributed by atoms with Crippen molar-refractivity contribution in [1.82, 2.24) is 0 Å². The molecule has 0 radical (unpaired) electrons. The number of hydrogen-bond donors (Lipinski definition) is 0. The first kappa shape index (κ1) is 16.1. The molecule has 0 fully saturated rings. The first-order valence-corrected chi connectivity index (χ1v) is 7.38. The maximum atomic E-state index is 12.7. The van der Waals surface area contributed by atoms with Gasteiger partial charge in [0.05, 0.1) is 0 Å². The third-order valence-electron chi connectivity index (χ3n) is 3.43. The lowest BCUT2D eigenvalue weighted by atomic mass is 9.99. The molecule has 0 saturated carbocycles. The highest BCUT2D eigenvalue weighted by Gasteiger charge is 2.24. The van der Waals surface area contributed by atoms with Crippen LogP contribution in [0, 0.1) is 5.92 Å². The van der Waals surface area contributed by atoms with Crippen molar-refractivity contribution in [3.63, 3.8) is 0 Å². The van der Waals surface area contributed by atoms with Crippen LogP contribution in [-0.2, 0) is 9.53 Å². The Morgan fingerprint density at radius 1 is 0.909 bits per heavy atom. The van der Waals surface area contributed by atoms with Crippen LogP contribution in [0.4, 0.5) is 0 Å². The molecule has 114 valence electrons. The minimum absolute atomic E-state index is 0.0122. The van der Waals surface area contributed by atoms with Gasteiger partial charge in [-0.3, -0.25) is 9.59 Å². The summed E-state index contributed by atoms with van der Waals surface area (Å²) in [6.45, 7) is 3.58. The smallest absolute Gasteiger partial charge is 0.196 e. The number of ketones is 2. The minimum Gasteiger partial charge on any atom is -0.358 e. The van der Waals surface area contributed by atoms with E-state index in [0.717, 1.165) is 5.56 Å². The number of benzene rings is 2. The fourth-order valence-electron chi connectivity index (χ4n) is 2.04. The summed E-state index contributed by atoms with van der Waals surface area (Å²) in [5.41, 5.74) is 1.33. The maximum absolute atomic E-state index is 12.7. The van der Waals surface area contributed by atoms with Crippen LogP contribution in [0.1, 0.15) is 35.9 Å². The molecular weight excluding hydrogens is 276 g/mol. The van der Waals surface area contributed by atoms with Gasteiger partial charge in [-0.05, 0) is 5.56 Å². The van der Waals surface area contributed by atoms with Gasteiger partial charge >= 0.3 is 0 Å². The van der Waals surface area contributed by atoms with E-state index in [2.05, 4.69) is 0 Å². The van der Waals surface area contributed by atoms with Gasteiger partial charge in [-0.15, -0.1) is 0 Å². The molecule has 0 N–H and O–H groups in total. The van der Waals surface area contributed by atoms with E-state index < -0.39 is 6.10 Å². The van der Waals surface area contributed by atoms with Gasteiger partial charge in [0.15, 0.2) is 11.6 Å². The summed E-state index contributed by atoms with van der Waals surface area (Å²) in [4.78, 5) is 24.5. The second-order valence-electron chi connectivity index (χ2n) is 5.45. The van der Waals surface area contributed by atoms with E-state index in [4.69, 9.17) is 4.74 Å². The molecule has 0 spiro atoms. The zero-order valence-corrected chi connectivity index (χ0v) is 12.9. The Kier molecular flexibility index (Phi) is 5.61. The predicted molar refractivity (Wildman–Crippen MR) is 85.8 cm³/mol. The zero-order chi connectivity index (χ0) is 15.9. The minimum atomic E-state index is -0.758. The summed E-state index contributed by atoms with van der Waals surface area (Å²) in [6, 6.07) is 18.3. The van der Waals surface area contributed by atoms with Crippen molar-refractivity contribution in [1.29, 1.82) is 0 Å². The molecular formula is C19H20O3. The average Bonchev–Trinajstić information content (AvgIpc) is 2.56. The van der Waals surface area contributed by atoms with Crippen LogP contribution < -0.4 is 0 Å². The van der Waals surface area contributed by atoms with Crippen molar-refractivity contribution in [2.45, 2.75) is 20.0 Å². The van der Waals surface area contributed by atoms with Gasteiger partial charge in [-0.25, -0.2) is 0 Å². The van der Waals surface area contributed by atoms with Crippen LogP contribution in [0.15, 0.2) is 60.7 Å². The Morgan fingerprint density at radius 2 is 1.45 bits per heavy atom. The number of ether oxygens (including phenoxy) is 1. The summed E-state index contributed by atoms with van der Waals surface area (Å²) in [5.74, 6) is -0.256. The van der Waals surface area contributed by atoms with Gasteiger partial charge in [0, 0.05) is 11.5 Å². The summed E-state index contributed by atoms with van der Waals surface area (Å²) < 4.78 is 5.67. The summed E-state index contributed by atoms with van der Waals surface area (Å²) in [6.07, 6.45) is -0.758. The first-order valence-electron chi connectivity index (χ1n) is 7.38. The van der Waals surface area contributed by atoms with Crippen molar-refractivity contribution in [3.8, 4) is 0 Å². The fraction of sp³-hybridized carbons (Fsp3) is 0.263. The normalized spacial score (nSPS) is 12.1. The highest BCUT2D eigenvalue weighted by atomic mass is 16.5. The van der Waals surface area contributed by atoms with Crippen LogP contribution in [-0.4, -0.2) is 18.2 Å².